The summed E-state index contributed by atoms with van der Waals surface area (Å²) in [6.45, 7) is 0. The fraction of sp³-hybridized carbons (Fsp3) is 0.667. The molecule has 0 aliphatic heterocycles. The average molecular weight is 104 g/mol. The Bertz CT molecular complexity index is 38.1. The zero-order valence-electron chi connectivity index (χ0n) is 3.93. The summed E-state index contributed by atoms with van der Waals surface area (Å²) in [7, 11) is 1.77. The maximum atomic E-state index is 3.68. The van der Waals surface area contributed by atoms with Crippen molar-refractivity contribution in [3.63, 3.8) is 0 Å². The summed E-state index contributed by atoms with van der Waals surface area (Å²) >= 11 is 1.57. The van der Waals surface area contributed by atoms with Crippen molar-refractivity contribution in [3.8, 4) is 0 Å². The van der Waals surface area contributed by atoms with E-state index in [2.05, 4.69) is 10.5 Å². The maximum Gasteiger partial charge on any atom is 0.0794 e. The molecule has 3 heteroatoms. The van der Waals surface area contributed by atoms with Gasteiger partial charge in [-0.3, -0.25) is 0 Å². The number of hydrazone groups is 1. The first-order valence-electron chi connectivity index (χ1n) is 1.63. The van der Waals surface area contributed by atoms with E-state index in [1.165, 1.54) is 0 Å². The number of nitrogens with zero attached hydrogens (tertiary/aromatic N) is 1. The lowest BCUT2D eigenvalue weighted by Crippen LogP contribution is -1.91. The lowest BCUT2D eigenvalue weighted by molar-refractivity contribution is 0.911. The highest BCUT2D eigenvalue weighted by atomic mass is 32.2. The van der Waals surface area contributed by atoms with E-state index in [0.717, 1.165) is 0 Å². The molecule has 0 unspecified atom stereocenters. The van der Waals surface area contributed by atoms with E-state index >= 15 is 0 Å². The monoisotopic (exact) mass is 104 g/mol. The number of hydrogen-bond donors (Lipinski definition) is 1. The first kappa shape index (κ1) is 5.82. The van der Waals surface area contributed by atoms with Gasteiger partial charge in [0.1, 0.15) is 0 Å². The summed E-state index contributed by atoms with van der Waals surface area (Å²) in [5.74, 6) is 0. The Labute approximate surface area is 42.0 Å². The Morgan fingerprint density at radius 2 is 2.50 bits per heavy atom. The van der Waals surface area contributed by atoms with E-state index in [4.69, 9.17) is 0 Å². The normalized spacial score (nSPS) is 9.67. The Balaban J connectivity index is 2.73. The van der Waals surface area contributed by atoms with Crippen molar-refractivity contribution in [1.82, 2.24) is 5.43 Å². The van der Waals surface area contributed by atoms with Crippen LogP contribution in [0.25, 0.3) is 0 Å². The van der Waals surface area contributed by atoms with Gasteiger partial charge >= 0.3 is 0 Å². The fourth-order valence-electron chi connectivity index (χ4n) is 0.105. The van der Waals surface area contributed by atoms with Crippen LogP contribution < -0.4 is 5.43 Å². The molecule has 0 amide bonds. The summed E-state index contributed by atoms with van der Waals surface area (Å²) < 4.78 is 0. The lowest BCUT2D eigenvalue weighted by atomic mass is 11.5. The molecule has 0 fully saturated rings. The zero-order valence-corrected chi connectivity index (χ0v) is 4.75. The molecule has 0 radical (unpaired) electrons. The van der Waals surface area contributed by atoms with Gasteiger partial charge in [0.2, 0.25) is 0 Å². The zero-order chi connectivity index (χ0) is 4.83. The molecule has 0 aromatic carbocycles. The predicted molar refractivity (Wildman–Crippen MR) is 31.1 cm³/mol. The molecule has 1 N–H and O–H groups in total. The fourth-order valence-corrected chi connectivity index (χ4v) is 0.316. The van der Waals surface area contributed by atoms with Gasteiger partial charge in [-0.15, -0.1) is 11.8 Å². The number of rotatable bonds is 2. The summed E-state index contributed by atoms with van der Waals surface area (Å²) in [6, 6.07) is 0. The quantitative estimate of drug-likeness (QED) is 0.313. The number of nitrogens with one attached hydrogen (secondary N) is 1. The van der Waals surface area contributed by atoms with Crippen molar-refractivity contribution in [2.24, 2.45) is 5.10 Å². The third-order valence-corrected chi connectivity index (χ3v) is 0.603. The van der Waals surface area contributed by atoms with Crippen molar-refractivity contribution in [2.45, 2.75) is 0 Å². The minimum absolute atomic E-state index is 1.57. The van der Waals surface area contributed by atoms with Crippen LogP contribution in [0.5, 0.6) is 0 Å². The second-order valence-corrected chi connectivity index (χ2v) is 1.38. The van der Waals surface area contributed by atoms with Crippen LogP contribution in [0.4, 0.5) is 0 Å². The van der Waals surface area contributed by atoms with Crippen LogP contribution in [0, 0.1) is 0 Å². The minimum atomic E-state index is 1.57. The number of hydrogen-bond acceptors (Lipinski definition) is 3. The highest BCUT2D eigenvalue weighted by Gasteiger charge is 1.57. The highest BCUT2D eigenvalue weighted by molar-refractivity contribution is 8.11. The predicted octanol–water partition coefficient (Wildman–Crippen LogP) is 0.512. The maximum absolute atomic E-state index is 3.68. The average Bonchev–Trinajstić information content (AvgIpc) is 1.61. The van der Waals surface area contributed by atoms with Gasteiger partial charge in [-0.2, -0.15) is 5.10 Å². The van der Waals surface area contributed by atoms with Gasteiger partial charge in [0.25, 0.3) is 0 Å². The Hall–Kier alpha value is -0.180. The van der Waals surface area contributed by atoms with Crippen LogP contribution in [0.1, 0.15) is 0 Å². The summed E-state index contributed by atoms with van der Waals surface area (Å²) in [5, 5.41) is 3.68. The highest BCUT2D eigenvalue weighted by Crippen LogP contribution is 1.78. The first-order chi connectivity index (χ1) is 2.91. The van der Waals surface area contributed by atoms with E-state index in [1.807, 2.05) is 6.26 Å². The van der Waals surface area contributed by atoms with Crippen LogP contribution in [0.3, 0.4) is 0 Å². The second-order valence-electron chi connectivity index (χ2n) is 0.694. The summed E-state index contributed by atoms with van der Waals surface area (Å²) in [5.41, 5.74) is 4.35. The molecule has 0 bridgehead atoms. The molecule has 0 rings (SSSR count). The number of thioether (sulfide) groups is 1. The molecule has 0 saturated carbocycles. The molecular weight excluding hydrogens is 96.1 g/mol. The third-order valence-electron chi connectivity index (χ3n) is 0.287. The van der Waals surface area contributed by atoms with Gasteiger partial charge in [-0.05, 0) is 6.26 Å². The van der Waals surface area contributed by atoms with Crippen LogP contribution in [0.15, 0.2) is 5.10 Å². The van der Waals surface area contributed by atoms with Crippen LogP contribution >= 0.6 is 11.8 Å². The molecular formula is C3H8N2S. The van der Waals surface area contributed by atoms with Gasteiger partial charge in [-0.25, -0.2) is 0 Å². The van der Waals surface area contributed by atoms with E-state index in [0.29, 0.717) is 0 Å². The minimum Gasteiger partial charge on any atom is -0.313 e. The topological polar surface area (TPSA) is 24.4 Å². The second kappa shape index (κ2) is 4.82. The first-order valence-corrected chi connectivity index (χ1v) is 2.91. The Morgan fingerprint density at radius 1 is 1.83 bits per heavy atom. The van der Waals surface area contributed by atoms with E-state index < -0.39 is 0 Å². The Kier molecular flexibility index (Phi) is 4.68. The smallest absolute Gasteiger partial charge is 0.0794 e. The largest absolute Gasteiger partial charge is 0.313 e. The van der Waals surface area contributed by atoms with Gasteiger partial charge in [0.15, 0.2) is 0 Å². The van der Waals surface area contributed by atoms with Crippen molar-refractivity contribution in [3.05, 3.63) is 0 Å². The molecule has 0 heterocycles. The standard InChI is InChI=1S/C3H8N2S/c1-4-5-3-6-2/h3-4H,1-2H3. The molecule has 0 aliphatic rings. The molecule has 0 saturated heterocycles. The molecule has 2 nitrogen and oxygen atoms in total. The van der Waals surface area contributed by atoms with Crippen LogP contribution in [0.2, 0.25) is 0 Å². The molecule has 0 aliphatic carbocycles. The van der Waals surface area contributed by atoms with Crippen molar-refractivity contribution < 1.29 is 0 Å². The van der Waals surface area contributed by atoms with Gasteiger partial charge < -0.3 is 5.43 Å². The third kappa shape index (κ3) is 3.82. The molecule has 6 heavy (non-hydrogen) atoms. The van der Waals surface area contributed by atoms with Crippen molar-refractivity contribution in [1.29, 1.82) is 0 Å². The molecule has 36 valence electrons. The van der Waals surface area contributed by atoms with Gasteiger partial charge in [0, 0.05) is 7.05 Å². The molecule has 0 aromatic heterocycles. The van der Waals surface area contributed by atoms with Crippen molar-refractivity contribution in [2.75, 3.05) is 13.3 Å². The molecule has 0 aromatic rings. The summed E-state index contributed by atoms with van der Waals surface area (Å²) in [4.78, 5) is 0. The molecule has 0 spiro atoms. The van der Waals surface area contributed by atoms with E-state index in [-0.39, 0.29) is 0 Å². The Morgan fingerprint density at radius 3 is 2.67 bits per heavy atom. The van der Waals surface area contributed by atoms with Gasteiger partial charge in [-0.1, -0.05) is 0 Å². The van der Waals surface area contributed by atoms with Crippen LogP contribution in [-0.2, 0) is 0 Å². The molecule has 0 atom stereocenters. The summed E-state index contributed by atoms with van der Waals surface area (Å²) in [6.07, 6.45) is 1.96. The van der Waals surface area contributed by atoms with Gasteiger partial charge in [0.05, 0.1) is 5.55 Å². The van der Waals surface area contributed by atoms with Crippen molar-refractivity contribution >= 4 is 17.3 Å². The lowest BCUT2D eigenvalue weighted by Gasteiger charge is -1.79. The van der Waals surface area contributed by atoms with E-state index in [9.17, 15) is 0 Å². The van der Waals surface area contributed by atoms with E-state index in [1.54, 1.807) is 24.4 Å². The van der Waals surface area contributed by atoms with Crippen LogP contribution in [-0.4, -0.2) is 18.9 Å². The SMILES string of the molecule is CNN=CSC.